The molecule has 6 nitrogen and oxygen atoms in total. The highest BCUT2D eigenvalue weighted by Crippen LogP contribution is 2.16. The molecule has 2 atom stereocenters. The maximum Gasteiger partial charge on any atom is 0.156 e. The summed E-state index contributed by atoms with van der Waals surface area (Å²) >= 11 is 0. The van der Waals surface area contributed by atoms with E-state index in [2.05, 4.69) is 10.3 Å². The van der Waals surface area contributed by atoms with Crippen LogP contribution in [0.2, 0.25) is 0 Å². The van der Waals surface area contributed by atoms with E-state index < -0.39 is 15.9 Å². The van der Waals surface area contributed by atoms with Gasteiger partial charge in [0, 0.05) is 24.7 Å². The Morgan fingerprint density at radius 1 is 1.38 bits per heavy atom. The molecule has 0 saturated carbocycles. The zero-order valence-corrected chi connectivity index (χ0v) is 14.6. The van der Waals surface area contributed by atoms with E-state index >= 15 is 0 Å². The van der Waals surface area contributed by atoms with Crippen LogP contribution >= 0.6 is 0 Å². The van der Waals surface area contributed by atoms with E-state index in [4.69, 9.17) is 10.00 Å². The molecular weight excluding hydrogens is 326 g/mol. The third kappa shape index (κ3) is 4.99. The molecule has 1 N–H and O–H groups in total. The van der Waals surface area contributed by atoms with Crippen LogP contribution in [0, 0.1) is 11.3 Å². The molecule has 1 heterocycles. The molecule has 0 amide bonds. The van der Waals surface area contributed by atoms with Crippen molar-refractivity contribution >= 4 is 20.7 Å². The number of para-hydroxylation sites is 1. The highest BCUT2D eigenvalue weighted by molar-refractivity contribution is 7.90. The molecule has 0 saturated heterocycles. The number of aromatic nitrogens is 1. The first-order valence-corrected chi connectivity index (χ1v) is 9.44. The van der Waals surface area contributed by atoms with Gasteiger partial charge < -0.3 is 4.74 Å². The number of sulfone groups is 1. The van der Waals surface area contributed by atoms with Gasteiger partial charge in [-0.1, -0.05) is 18.2 Å². The minimum Gasteiger partial charge on any atom is -0.380 e. The number of nitriles is 1. The number of nitrogens with one attached hydrogen (secondary N) is 1. The second kappa shape index (κ2) is 8.20. The van der Waals surface area contributed by atoms with Gasteiger partial charge in [-0.05, 0) is 24.6 Å². The molecule has 0 radical (unpaired) electrons. The number of hydrogen-bond donors (Lipinski definition) is 1. The van der Waals surface area contributed by atoms with Crippen LogP contribution in [0.5, 0.6) is 0 Å². The molecule has 2 rings (SSSR count). The lowest BCUT2D eigenvalue weighted by Crippen LogP contribution is -2.44. The van der Waals surface area contributed by atoms with Crippen LogP contribution in [0.15, 0.2) is 36.5 Å². The molecule has 7 heteroatoms. The van der Waals surface area contributed by atoms with Crippen molar-refractivity contribution < 1.29 is 13.2 Å². The van der Waals surface area contributed by atoms with Crippen LogP contribution in [0.1, 0.15) is 12.5 Å². The Balaban J connectivity index is 2.14. The third-order valence-electron chi connectivity index (χ3n) is 3.85. The minimum atomic E-state index is -3.38. The Morgan fingerprint density at radius 3 is 2.83 bits per heavy atom. The van der Waals surface area contributed by atoms with E-state index in [1.807, 2.05) is 36.4 Å². The molecule has 0 aliphatic carbocycles. The molecule has 0 aliphatic heterocycles. The monoisotopic (exact) mass is 347 g/mol. The molecule has 1 aromatic heterocycles. The minimum absolute atomic E-state index is 0.0748. The molecule has 0 fully saturated rings. The van der Waals surface area contributed by atoms with Crippen LogP contribution in [0.3, 0.4) is 0 Å². The van der Waals surface area contributed by atoms with Crippen molar-refractivity contribution in [2.75, 3.05) is 19.4 Å². The molecule has 0 unspecified atom stereocenters. The first kappa shape index (κ1) is 18.3. The third-order valence-corrected chi connectivity index (χ3v) is 5.49. The molecular formula is C17H21N3O3S. The van der Waals surface area contributed by atoms with Crippen molar-refractivity contribution in [3.8, 4) is 6.07 Å². The van der Waals surface area contributed by atoms with Crippen molar-refractivity contribution in [2.24, 2.45) is 0 Å². The van der Waals surface area contributed by atoms with Gasteiger partial charge in [-0.3, -0.25) is 10.3 Å². The number of fused-ring (bicyclic) bond motifs is 1. The highest BCUT2D eigenvalue weighted by atomic mass is 32.2. The van der Waals surface area contributed by atoms with Crippen LogP contribution < -0.4 is 5.32 Å². The Labute approximate surface area is 142 Å². The van der Waals surface area contributed by atoms with Crippen molar-refractivity contribution in [1.82, 2.24) is 10.3 Å². The Hall–Kier alpha value is -2.01. The lowest BCUT2D eigenvalue weighted by Gasteiger charge is -2.23. The Morgan fingerprint density at radius 2 is 2.12 bits per heavy atom. The van der Waals surface area contributed by atoms with Crippen molar-refractivity contribution in [1.29, 1.82) is 5.26 Å². The number of methoxy groups -OCH3 is 1. The van der Waals surface area contributed by atoms with E-state index in [9.17, 15) is 8.42 Å². The molecule has 128 valence electrons. The van der Waals surface area contributed by atoms with Gasteiger partial charge in [0.15, 0.2) is 9.84 Å². The van der Waals surface area contributed by atoms with E-state index in [-0.39, 0.29) is 24.2 Å². The van der Waals surface area contributed by atoms with Crippen LogP contribution in [0.25, 0.3) is 10.9 Å². The fourth-order valence-electron chi connectivity index (χ4n) is 2.48. The second-order valence-corrected chi connectivity index (χ2v) is 7.79. The van der Waals surface area contributed by atoms with Gasteiger partial charge >= 0.3 is 0 Å². The predicted molar refractivity (Wildman–Crippen MR) is 93.1 cm³/mol. The van der Waals surface area contributed by atoms with E-state index in [0.29, 0.717) is 5.56 Å². The van der Waals surface area contributed by atoms with E-state index in [1.54, 1.807) is 13.1 Å². The molecule has 0 spiro atoms. The van der Waals surface area contributed by atoms with Gasteiger partial charge in [-0.25, -0.2) is 8.42 Å². The summed E-state index contributed by atoms with van der Waals surface area (Å²) in [7, 11) is -1.86. The maximum atomic E-state index is 12.5. The van der Waals surface area contributed by atoms with Gasteiger partial charge in [0.2, 0.25) is 0 Å². The van der Waals surface area contributed by atoms with Gasteiger partial charge in [-0.2, -0.15) is 5.26 Å². The molecule has 1 aromatic carbocycles. The highest BCUT2D eigenvalue weighted by Gasteiger charge is 2.24. The molecule has 0 bridgehead atoms. The number of benzene rings is 1. The average molecular weight is 347 g/mol. The van der Waals surface area contributed by atoms with E-state index in [1.165, 1.54) is 7.11 Å². The first-order chi connectivity index (χ1) is 11.4. The van der Waals surface area contributed by atoms with Crippen molar-refractivity contribution in [3.63, 3.8) is 0 Å². The maximum absolute atomic E-state index is 12.5. The first-order valence-electron chi connectivity index (χ1n) is 7.62. The Kier molecular flexibility index (Phi) is 6.26. The molecule has 0 aliphatic rings. The summed E-state index contributed by atoms with van der Waals surface area (Å²) in [5.41, 5.74) is 1.48. The second-order valence-electron chi connectivity index (χ2n) is 5.68. The summed E-state index contributed by atoms with van der Waals surface area (Å²) in [6, 6.07) is 10.9. The zero-order valence-electron chi connectivity index (χ0n) is 13.8. The van der Waals surface area contributed by atoms with Gasteiger partial charge in [-0.15, -0.1) is 0 Å². The number of nitrogens with zero attached hydrogens (tertiary/aromatic N) is 2. The predicted octanol–water partition coefficient (Wildman–Crippen LogP) is 1.67. The number of hydrogen-bond acceptors (Lipinski definition) is 6. The van der Waals surface area contributed by atoms with Crippen LogP contribution in [-0.4, -0.2) is 45.0 Å². The molecule has 2 aromatic rings. The van der Waals surface area contributed by atoms with Crippen LogP contribution in [-0.2, 0) is 20.3 Å². The van der Waals surface area contributed by atoms with Crippen LogP contribution in [0.4, 0.5) is 0 Å². The zero-order chi connectivity index (χ0) is 17.6. The largest absolute Gasteiger partial charge is 0.380 e. The topological polar surface area (TPSA) is 92.1 Å². The van der Waals surface area contributed by atoms with Crippen molar-refractivity contribution in [3.05, 3.63) is 42.1 Å². The van der Waals surface area contributed by atoms with Gasteiger partial charge in [0.05, 0.1) is 35.7 Å². The lowest BCUT2D eigenvalue weighted by atomic mass is 10.2. The molecule has 24 heavy (non-hydrogen) atoms. The Bertz CT molecular complexity index is 830. The lowest BCUT2D eigenvalue weighted by molar-refractivity contribution is 0.0910. The quantitative estimate of drug-likeness (QED) is 0.730. The SMILES string of the molecule is CO[C@H](C)[C@@H](CS(=O)(=O)Cc1cnc2ccccc2c1)NCC#N. The van der Waals surface area contributed by atoms with Gasteiger partial charge in [0.25, 0.3) is 0 Å². The normalized spacial score (nSPS) is 14.2. The van der Waals surface area contributed by atoms with Gasteiger partial charge in [0.1, 0.15) is 0 Å². The smallest absolute Gasteiger partial charge is 0.156 e. The van der Waals surface area contributed by atoms with E-state index in [0.717, 1.165) is 10.9 Å². The summed E-state index contributed by atoms with van der Waals surface area (Å²) in [5, 5.41) is 12.5. The standard InChI is InChI=1S/C17H21N3O3S/c1-13(23-2)17(19-8-7-18)12-24(21,22)11-14-9-15-5-3-4-6-16(15)20-10-14/h3-6,9-10,13,17,19H,8,11-12H2,1-2H3/t13-,17-/m1/s1. The summed E-state index contributed by atoms with van der Waals surface area (Å²) in [5.74, 6) is -0.192. The fourth-order valence-corrected chi connectivity index (χ4v) is 4.20. The van der Waals surface area contributed by atoms with Crippen molar-refractivity contribution in [2.45, 2.75) is 24.8 Å². The number of rotatable bonds is 8. The summed E-state index contributed by atoms with van der Waals surface area (Å²) in [6.45, 7) is 1.85. The number of ether oxygens (including phenoxy) is 1. The fraction of sp³-hybridized carbons (Fsp3) is 0.412. The summed E-state index contributed by atoms with van der Waals surface area (Å²) in [4.78, 5) is 4.30. The summed E-state index contributed by atoms with van der Waals surface area (Å²) in [6.07, 6.45) is 1.28. The number of pyridine rings is 1. The average Bonchev–Trinajstić information content (AvgIpc) is 2.57. The summed E-state index contributed by atoms with van der Waals surface area (Å²) < 4.78 is 30.3.